The first-order valence-electron chi connectivity index (χ1n) is 8.74. The zero-order valence-corrected chi connectivity index (χ0v) is 17.2. The molecule has 2 aromatic carbocycles. The number of ether oxygens (including phenoxy) is 1. The fourth-order valence-corrected chi connectivity index (χ4v) is 3.86. The summed E-state index contributed by atoms with van der Waals surface area (Å²) in [6.07, 6.45) is 0. The Morgan fingerprint density at radius 2 is 1.96 bits per heavy atom. The van der Waals surface area contributed by atoms with Crippen LogP contribution in [0.1, 0.15) is 17.3 Å². The number of hydrogen-bond acceptors (Lipinski definition) is 5. The van der Waals surface area contributed by atoms with Gasteiger partial charge in [-0.2, -0.15) is 0 Å². The first kappa shape index (κ1) is 19.6. The van der Waals surface area contributed by atoms with Crippen LogP contribution < -0.4 is 9.64 Å². The fraction of sp³-hybridized carbons (Fsp3) is 0.300. The molecule has 0 fully saturated rings. The highest BCUT2D eigenvalue weighted by Gasteiger charge is 2.23. The van der Waals surface area contributed by atoms with Crippen molar-refractivity contribution in [1.29, 1.82) is 0 Å². The highest BCUT2D eigenvalue weighted by atomic mass is 35.5. The molecule has 0 aliphatic heterocycles. The van der Waals surface area contributed by atoms with Crippen molar-refractivity contribution < 1.29 is 9.53 Å². The molecule has 1 amide bonds. The van der Waals surface area contributed by atoms with Gasteiger partial charge in [-0.25, -0.2) is 4.98 Å². The number of nitrogens with zero attached hydrogens (tertiary/aromatic N) is 3. The highest BCUT2D eigenvalue weighted by molar-refractivity contribution is 7.22. The van der Waals surface area contributed by atoms with Crippen molar-refractivity contribution in [3.05, 3.63) is 53.1 Å². The molecule has 3 rings (SSSR count). The third-order valence-corrected chi connectivity index (χ3v) is 5.38. The zero-order chi connectivity index (χ0) is 19.4. The first-order valence-corrected chi connectivity index (χ1v) is 9.93. The smallest absolute Gasteiger partial charge is 0.261 e. The van der Waals surface area contributed by atoms with Crippen LogP contribution in [0.4, 0.5) is 5.13 Å². The van der Waals surface area contributed by atoms with Crippen LogP contribution in [-0.4, -0.2) is 49.6 Å². The SMILES string of the molecule is CCOc1ccc2nc(N(CCN(C)C)C(=O)c3ccccc3Cl)sc2c1. The number of fused-ring (bicyclic) bond motifs is 1. The summed E-state index contributed by atoms with van der Waals surface area (Å²) in [7, 11) is 3.95. The molecule has 3 aromatic rings. The molecule has 1 heterocycles. The summed E-state index contributed by atoms with van der Waals surface area (Å²) in [5, 5.41) is 1.10. The highest BCUT2D eigenvalue weighted by Crippen LogP contribution is 2.32. The van der Waals surface area contributed by atoms with Crippen LogP contribution in [0, 0.1) is 0 Å². The van der Waals surface area contributed by atoms with Gasteiger partial charge in [-0.3, -0.25) is 9.69 Å². The summed E-state index contributed by atoms with van der Waals surface area (Å²) in [6.45, 7) is 3.80. The molecule has 0 saturated heterocycles. The van der Waals surface area contributed by atoms with Crippen molar-refractivity contribution in [1.82, 2.24) is 9.88 Å². The van der Waals surface area contributed by atoms with Crippen molar-refractivity contribution in [2.24, 2.45) is 0 Å². The second-order valence-electron chi connectivity index (χ2n) is 6.30. The Morgan fingerprint density at radius 3 is 2.67 bits per heavy atom. The topological polar surface area (TPSA) is 45.7 Å². The molecule has 142 valence electrons. The number of carbonyl (C=O) groups is 1. The van der Waals surface area contributed by atoms with Gasteiger partial charge >= 0.3 is 0 Å². The lowest BCUT2D eigenvalue weighted by molar-refractivity contribution is 0.0985. The summed E-state index contributed by atoms with van der Waals surface area (Å²) in [5.41, 5.74) is 1.33. The third kappa shape index (κ3) is 4.58. The van der Waals surface area contributed by atoms with Gasteiger partial charge in [-0.15, -0.1) is 0 Å². The standard InChI is InChI=1S/C20H22ClN3O2S/c1-4-26-14-9-10-17-18(13-14)27-20(22-17)24(12-11-23(2)3)19(25)15-7-5-6-8-16(15)21/h5-10,13H,4,11-12H2,1-3H3. The Bertz CT molecular complexity index is 942. The normalized spacial score (nSPS) is 11.1. The second-order valence-corrected chi connectivity index (χ2v) is 7.72. The average molecular weight is 404 g/mol. The fourth-order valence-electron chi connectivity index (χ4n) is 2.63. The number of amides is 1. The number of halogens is 1. The maximum atomic E-state index is 13.2. The number of thiazole rings is 1. The molecule has 0 N–H and O–H groups in total. The van der Waals surface area contributed by atoms with Crippen LogP contribution in [0.15, 0.2) is 42.5 Å². The quantitative estimate of drug-likeness (QED) is 0.580. The van der Waals surface area contributed by atoms with Crippen molar-refractivity contribution in [3.63, 3.8) is 0 Å². The predicted molar refractivity (Wildman–Crippen MR) is 112 cm³/mol. The van der Waals surface area contributed by atoms with E-state index in [1.807, 2.05) is 56.3 Å². The summed E-state index contributed by atoms with van der Waals surface area (Å²) in [6, 6.07) is 12.9. The molecule has 1 aromatic heterocycles. The van der Waals surface area contributed by atoms with E-state index < -0.39 is 0 Å². The number of likely N-dealkylation sites (N-methyl/N-ethyl adjacent to an activating group) is 1. The largest absolute Gasteiger partial charge is 0.494 e. The molecule has 0 radical (unpaired) electrons. The lowest BCUT2D eigenvalue weighted by Crippen LogP contribution is -2.36. The lowest BCUT2D eigenvalue weighted by Gasteiger charge is -2.22. The van der Waals surface area contributed by atoms with Crippen molar-refractivity contribution in [2.75, 3.05) is 38.7 Å². The van der Waals surface area contributed by atoms with Gasteiger partial charge in [0.25, 0.3) is 5.91 Å². The van der Waals surface area contributed by atoms with Gasteiger partial charge < -0.3 is 9.64 Å². The predicted octanol–water partition coefficient (Wildman–Crippen LogP) is 4.56. The van der Waals surface area contributed by atoms with Crippen molar-refractivity contribution >= 4 is 44.2 Å². The monoisotopic (exact) mass is 403 g/mol. The maximum absolute atomic E-state index is 13.2. The molecular formula is C20H22ClN3O2S. The molecule has 0 unspecified atom stereocenters. The van der Waals surface area contributed by atoms with E-state index in [9.17, 15) is 4.79 Å². The van der Waals surface area contributed by atoms with E-state index >= 15 is 0 Å². The first-order chi connectivity index (χ1) is 13.0. The van der Waals surface area contributed by atoms with Crippen molar-refractivity contribution in [2.45, 2.75) is 6.92 Å². The zero-order valence-electron chi connectivity index (χ0n) is 15.6. The summed E-state index contributed by atoms with van der Waals surface area (Å²) in [5.74, 6) is 0.656. The maximum Gasteiger partial charge on any atom is 0.261 e. The second kappa shape index (κ2) is 8.69. The van der Waals surface area contributed by atoms with E-state index in [0.29, 0.717) is 28.9 Å². The number of anilines is 1. The summed E-state index contributed by atoms with van der Waals surface area (Å²) < 4.78 is 6.55. The number of carbonyl (C=O) groups excluding carboxylic acids is 1. The molecule has 0 saturated carbocycles. The van der Waals surface area contributed by atoms with E-state index in [-0.39, 0.29) is 5.91 Å². The minimum Gasteiger partial charge on any atom is -0.494 e. The third-order valence-electron chi connectivity index (χ3n) is 4.01. The molecule has 7 heteroatoms. The van der Waals surface area contributed by atoms with Crippen LogP contribution >= 0.6 is 22.9 Å². The van der Waals surface area contributed by atoms with Crippen LogP contribution in [-0.2, 0) is 0 Å². The Balaban J connectivity index is 1.98. The molecule has 0 aliphatic rings. The number of rotatable bonds is 7. The van der Waals surface area contributed by atoms with E-state index in [4.69, 9.17) is 16.3 Å². The van der Waals surface area contributed by atoms with Gasteiger partial charge in [0.15, 0.2) is 5.13 Å². The lowest BCUT2D eigenvalue weighted by atomic mass is 10.2. The Hall–Kier alpha value is -2.15. The van der Waals surface area contributed by atoms with Crippen molar-refractivity contribution in [3.8, 4) is 5.75 Å². The van der Waals surface area contributed by atoms with E-state index in [0.717, 1.165) is 22.5 Å². The van der Waals surface area contributed by atoms with Crippen LogP contribution in [0.5, 0.6) is 5.75 Å². The molecular weight excluding hydrogens is 382 g/mol. The molecule has 0 spiro atoms. The van der Waals surface area contributed by atoms with E-state index in [2.05, 4.69) is 4.98 Å². The number of hydrogen-bond donors (Lipinski definition) is 0. The van der Waals surface area contributed by atoms with Crippen LogP contribution in [0.25, 0.3) is 10.2 Å². The Kier molecular flexibility index (Phi) is 6.31. The molecule has 5 nitrogen and oxygen atoms in total. The number of aromatic nitrogens is 1. The molecule has 27 heavy (non-hydrogen) atoms. The summed E-state index contributed by atoms with van der Waals surface area (Å²) >= 11 is 7.73. The van der Waals surface area contributed by atoms with Gasteiger partial charge in [0.05, 0.1) is 27.4 Å². The summed E-state index contributed by atoms with van der Waals surface area (Å²) in [4.78, 5) is 21.6. The minimum absolute atomic E-state index is 0.147. The van der Waals surface area contributed by atoms with Gasteiger partial charge in [0.1, 0.15) is 5.75 Å². The number of benzene rings is 2. The average Bonchev–Trinajstić information content (AvgIpc) is 3.05. The van der Waals surface area contributed by atoms with E-state index in [1.165, 1.54) is 11.3 Å². The minimum atomic E-state index is -0.147. The van der Waals surface area contributed by atoms with Crippen LogP contribution in [0.2, 0.25) is 5.02 Å². The molecule has 0 aliphatic carbocycles. The van der Waals surface area contributed by atoms with Gasteiger partial charge in [-0.05, 0) is 51.4 Å². The Labute approximate surface area is 168 Å². The van der Waals surface area contributed by atoms with Crippen LogP contribution in [0.3, 0.4) is 0 Å². The molecule has 0 atom stereocenters. The van der Waals surface area contributed by atoms with E-state index in [1.54, 1.807) is 17.0 Å². The Morgan fingerprint density at radius 1 is 1.19 bits per heavy atom. The van der Waals surface area contributed by atoms with Gasteiger partial charge in [0.2, 0.25) is 0 Å². The van der Waals surface area contributed by atoms with Gasteiger partial charge in [-0.1, -0.05) is 35.1 Å². The molecule has 0 bridgehead atoms. The van der Waals surface area contributed by atoms with Gasteiger partial charge in [0, 0.05) is 13.1 Å².